The Kier molecular flexibility index (Phi) is 9.12. The second-order valence-electron chi connectivity index (χ2n) is 9.29. The molecule has 1 aliphatic rings. The van der Waals surface area contributed by atoms with E-state index < -0.39 is 28.0 Å². The lowest BCUT2D eigenvalue weighted by Crippen LogP contribution is -2.49. The van der Waals surface area contributed by atoms with E-state index in [2.05, 4.69) is 13.8 Å². The van der Waals surface area contributed by atoms with Gasteiger partial charge in [-0.25, -0.2) is 8.42 Å². The van der Waals surface area contributed by atoms with Crippen molar-refractivity contribution in [3.63, 3.8) is 0 Å². The third-order valence-corrected chi connectivity index (χ3v) is 9.70. The van der Waals surface area contributed by atoms with Crippen molar-refractivity contribution < 1.29 is 27.8 Å². The number of carboxylic acid groups (broad SMARTS) is 1. The standard InChI is InChI=1S/C26H35NO6S2/c1-17(2)12-13-34-25-15-22(19-8-11-23(32-4)24(14-19)33-5)27(16-21(25)26(28)29)35(30,31)20-9-6-18(3)7-10-20/h6-11,14,17,21-22,25H,12-13,15-16H2,1-5H3,(H,28,29)/t21-,22+,25-/m1/s1. The lowest BCUT2D eigenvalue weighted by Gasteiger charge is -2.42. The summed E-state index contributed by atoms with van der Waals surface area (Å²) in [6.45, 7) is 6.07. The van der Waals surface area contributed by atoms with Gasteiger partial charge in [-0.1, -0.05) is 37.6 Å². The van der Waals surface area contributed by atoms with E-state index >= 15 is 0 Å². The van der Waals surface area contributed by atoms with Gasteiger partial charge < -0.3 is 14.6 Å². The molecule has 9 heteroatoms. The highest BCUT2D eigenvalue weighted by Gasteiger charge is 2.45. The van der Waals surface area contributed by atoms with Crippen LogP contribution in [-0.4, -0.2) is 55.6 Å². The highest BCUT2D eigenvalue weighted by atomic mass is 32.2. The summed E-state index contributed by atoms with van der Waals surface area (Å²) >= 11 is 1.63. The molecule has 3 rings (SSSR count). The number of aliphatic carboxylic acids is 1. The van der Waals surface area contributed by atoms with Crippen LogP contribution < -0.4 is 9.47 Å². The number of sulfonamides is 1. The Hall–Kier alpha value is -2.23. The van der Waals surface area contributed by atoms with Crippen molar-refractivity contribution in [3.8, 4) is 11.5 Å². The molecule has 1 N–H and O–H groups in total. The normalized spacial score (nSPS) is 21.1. The van der Waals surface area contributed by atoms with Crippen LogP contribution in [-0.2, 0) is 14.8 Å². The number of hydrogen-bond donors (Lipinski definition) is 1. The monoisotopic (exact) mass is 521 g/mol. The fraction of sp³-hybridized carbons (Fsp3) is 0.500. The number of aryl methyl sites for hydroxylation is 1. The third kappa shape index (κ3) is 6.32. The summed E-state index contributed by atoms with van der Waals surface area (Å²) < 4.78 is 39.8. The van der Waals surface area contributed by atoms with Gasteiger partial charge in [0.2, 0.25) is 10.0 Å². The maximum atomic E-state index is 13.8. The molecule has 0 bridgehead atoms. The highest BCUT2D eigenvalue weighted by molar-refractivity contribution is 7.99. The first-order valence-electron chi connectivity index (χ1n) is 11.7. The van der Waals surface area contributed by atoms with Crippen LogP contribution >= 0.6 is 11.8 Å². The van der Waals surface area contributed by atoms with Crippen LogP contribution in [0, 0.1) is 18.8 Å². The topological polar surface area (TPSA) is 93.1 Å². The molecule has 1 saturated heterocycles. The molecule has 0 amide bonds. The Morgan fingerprint density at radius 3 is 2.34 bits per heavy atom. The zero-order chi connectivity index (χ0) is 25.8. The summed E-state index contributed by atoms with van der Waals surface area (Å²) in [6, 6.07) is 11.5. The quantitative estimate of drug-likeness (QED) is 0.470. The number of thioether (sulfide) groups is 1. The molecule has 0 spiro atoms. The van der Waals surface area contributed by atoms with Crippen LogP contribution in [0.1, 0.15) is 43.9 Å². The Balaban J connectivity index is 2.06. The van der Waals surface area contributed by atoms with Gasteiger partial charge in [0, 0.05) is 11.8 Å². The van der Waals surface area contributed by atoms with Crippen molar-refractivity contribution in [3.05, 3.63) is 53.6 Å². The molecule has 0 aliphatic carbocycles. The number of rotatable bonds is 10. The minimum absolute atomic E-state index is 0.0934. The summed E-state index contributed by atoms with van der Waals surface area (Å²) in [5, 5.41) is 9.83. The van der Waals surface area contributed by atoms with Crippen molar-refractivity contribution in [2.24, 2.45) is 11.8 Å². The van der Waals surface area contributed by atoms with Crippen molar-refractivity contribution >= 4 is 27.8 Å². The third-order valence-electron chi connectivity index (χ3n) is 6.39. The van der Waals surface area contributed by atoms with E-state index in [0.29, 0.717) is 23.8 Å². The predicted octanol–water partition coefficient (Wildman–Crippen LogP) is 5.00. The number of carbonyl (C=O) groups is 1. The lowest BCUT2D eigenvalue weighted by atomic mass is 9.90. The fourth-order valence-corrected chi connectivity index (χ4v) is 7.60. The molecule has 1 aliphatic heterocycles. The van der Waals surface area contributed by atoms with Gasteiger partial charge in [0.25, 0.3) is 0 Å². The molecule has 192 valence electrons. The van der Waals surface area contributed by atoms with Crippen LogP contribution in [0.5, 0.6) is 11.5 Å². The molecule has 7 nitrogen and oxygen atoms in total. The maximum Gasteiger partial charge on any atom is 0.308 e. The van der Waals surface area contributed by atoms with E-state index in [1.807, 2.05) is 13.0 Å². The largest absolute Gasteiger partial charge is 0.493 e. The first-order chi connectivity index (χ1) is 16.6. The first kappa shape index (κ1) is 27.4. The van der Waals surface area contributed by atoms with Crippen LogP contribution in [0.4, 0.5) is 0 Å². The molecular weight excluding hydrogens is 486 g/mol. The molecule has 3 atom stereocenters. The molecular formula is C26H35NO6S2. The second kappa shape index (κ2) is 11.7. The van der Waals surface area contributed by atoms with Gasteiger partial charge in [0.15, 0.2) is 11.5 Å². The van der Waals surface area contributed by atoms with Gasteiger partial charge in [-0.05, 0) is 61.3 Å². The summed E-state index contributed by atoms with van der Waals surface area (Å²) in [6.07, 6.45) is 1.36. The lowest BCUT2D eigenvalue weighted by molar-refractivity contribution is -0.143. The molecule has 0 saturated carbocycles. The average molecular weight is 522 g/mol. The zero-order valence-electron chi connectivity index (χ0n) is 20.9. The first-order valence-corrected chi connectivity index (χ1v) is 14.2. The van der Waals surface area contributed by atoms with Gasteiger partial charge in [0.1, 0.15) is 0 Å². The van der Waals surface area contributed by atoms with Crippen LogP contribution in [0.2, 0.25) is 0 Å². The van der Waals surface area contributed by atoms with E-state index in [1.165, 1.54) is 11.4 Å². The van der Waals surface area contributed by atoms with E-state index in [0.717, 1.165) is 23.3 Å². The van der Waals surface area contributed by atoms with Gasteiger partial charge in [-0.15, -0.1) is 0 Å². The number of carboxylic acids is 1. The fourth-order valence-electron chi connectivity index (χ4n) is 4.29. The molecule has 0 aromatic heterocycles. The summed E-state index contributed by atoms with van der Waals surface area (Å²) in [7, 11) is -0.864. The Morgan fingerprint density at radius 1 is 1.11 bits per heavy atom. The maximum absolute atomic E-state index is 13.8. The SMILES string of the molecule is COc1ccc([C@@H]2C[C@@H](SCCC(C)C)[C@H](C(=O)O)CN2S(=O)(=O)c2ccc(C)cc2)cc1OC. The van der Waals surface area contributed by atoms with Crippen molar-refractivity contribution in [2.45, 2.75) is 49.8 Å². The van der Waals surface area contributed by atoms with E-state index in [-0.39, 0.29) is 16.7 Å². The summed E-state index contributed by atoms with van der Waals surface area (Å²) in [5.41, 5.74) is 1.70. The van der Waals surface area contributed by atoms with Gasteiger partial charge in [-0.3, -0.25) is 4.79 Å². The predicted molar refractivity (Wildman–Crippen MR) is 139 cm³/mol. The van der Waals surface area contributed by atoms with Crippen LogP contribution in [0.25, 0.3) is 0 Å². The summed E-state index contributed by atoms with van der Waals surface area (Å²) in [4.78, 5) is 12.4. The van der Waals surface area contributed by atoms with Crippen LogP contribution in [0.3, 0.4) is 0 Å². The molecule has 2 aromatic rings. The molecule has 35 heavy (non-hydrogen) atoms. The molecule has 1 heterocycles. The zero-order valence-corrected chi connectivity index (χ0v) is 22.6. The molecule has 0 unspecified atom stereocenters. The van der Waals surface area contributed by atoms with E-state index in [4.69, 9.17) is 9.47 Å². The molecule has 2 aromatic carbocycles. The smallest absolute Gasteiger partial charge is 0.308 e. The van der Waals surface area contributed by atoms with Gasteiger partial charge in [-0.2, -0.15) is 16.1 Å². The van der Waals surface area contributed by atoms with Gasteiger partial charge in [0.05, 0.1) is 31.1 Å². The summed E-state index contributed by atoms with van der Waals surface area (Å²) in [5.74, 6) is 0.614. The molecule has 1 fully saturated rings. The highest BCUT2D eigenvalue weighted by Crippen LogP contribution is 2.44. The number of hydrogen-bond acceptors (Lipinski definition) is 6. The van der Waals surface area contributed by atoms with Crippen LogP contribution in [0.15, 0.2) is 47.4 Å². The number of nitrogens with zero attached hydrogens (tertiary/aromatic N) is 1. The van der Waals surface area contributed by atoms with E-state index in [9.17, 15) is 18.3 Å². The Bertz CT molecular complexity index is 1120. The number of methoxy groups -OCH3 is 2. The Morgan fingerprint density at radius 2 is 1.77 bits per heavy atom. The van der Waals surface area contributed by atoms with Crippen molar-refractivity contribution in [1.82, 2.24) is 4.31 Å². The average Bonchev–Trinajstić information content (AvgIpc) is 2.83. The Labute approximate surface area is 212 Å². The van der Waals surface area contributed by atoms with Gasteiger partial charge >= 0.3 is 5.97 Å². The molecule has 0 radical (unpaired) electrons. The number of piperidine rings is 1. The second-order valence-corrected chi connectivity index (χ2v) is 12.5. The van der Waals surface area contributed by atoms with Crippen molar-refractivity contribution in [1.29, 1.82) is 0 Å². The van der Waals surface area contributed by atoms with Crippen molar-refractivity contribution in [2.75, 3.05) is 26.5 Å². The number of benzene rings is 2. The number of ether oxygens (including phenoxy) is 2. The minimum atomic E-state index is -3.95. The van der Waals surface area contributed by atoms with E-state index in [1.54, 1.807) is 55.3 Å². The minimum Gasteiger partial charge on any atom is -0.493 e.